The molecule has 0 aliphatic rings. The Balaban J connectivity index is 1.69. The van der Waals surface area contributed by atoms with Gasteiger partial charge in [0.2, 0.25) is 0 Å². The minimum atomic E-state index is 0.869. The van der Waals surface area contributed by atoms with Crippen LogP contribution in [0.1, 0.15) is 11.4 Å². The third-order valence-corrected chi connectivity index (χ3v) is 2.34. The summed E-state index contributed by atoms with van der Waals surface area (Å²) in [4.78, 5) is 4.17. The number of aryl methyl sites for hydroxylation is 1. The Kier molecular flexibility index (Phi) is 3.66. The molecule has 0 aliphatic heterocycles. The largest absolute Gasteiger partial charge is 0.312 e. The van der Waals surface area contributed by atoms with Gasteiger partial charge in [0.05, 0.1) is 0 Å². The molecule has 16 heavy (non-hydrogen) atoms. The van der Waals surface area contributed by atoms with Gasteiger partial charge in [-0.25, -0.2) is 4.98 Å². The van der Waals surface area contributed by atoms with Crippen molar-refractivity contribution < 1.29 is 0 Å². The van der Waals surface area contributed by atoms with Gasteiger partial charge in [-0.2, -0.15) is 5.10 Å². The van der Waals surface area contributed by atoms with Crippen molar-refractivity contribution in [3.63, 3.8) is 0 Å². The van der Waals surface area contributed by atoms with Crippen LogP contribution in [0.4, 0.5) is 0 Å². The predicted octanol–water partition coefficient (Wildman–Crippen LogP) is 1.15. The van der Waals surface area contributed by atoms with Crippen molar-refractivity contribution in [3.8, 4) is 0 Å². The Hall–Kier alpha value is -1.68. The van der Waals surface area contributed by atoms with Crippen LogP contribution >= 0.6 is 0 Å². The summed E-state index contributed by atoms with van der Waals surface area (Å²) >= 11 is 0. The number of nitrogens with zero attached hydrogens (tertiary/aromatic N) is 3. The molecule has 0 radical (unpaired) electrons. The summed E-state index contributed by atoms with van der Waals surface area (Å²) in [5, 5.41) is 7.59. The number of hydrogen-bond acceptors (Lipinski definition) is 3. The number of rotatable bonds is 5. The Labute approximate surface area is 95.3 Å². The van der Waals surface area contributed by atoms with Crippen LogP contribution in [0.3, 0.4) is 0 Å². The van der Waals surface area contributed by atoms with Crippen LogP contribution in [0, 0.1) is 0 Å². The Morgan fingerprint density at radius 2 is 2.06 bits per heavy atom. The van der Waals surface area contributed by atoms with Crippen molar-refractivity contribution in [3.05, 3.63) is 48.0 Å². The summed E-state index contributed by atoms with van der Waals surface area (Å²) in [5.74, 6) is 0.892. The van der Waals surface area contributed by atoms with Crippen LogP contribution in [-0.4, -0.2) is 21.3 Å². The molecule has 1 aromatic carbocycles. The quantitative estimate of drug-likeness (QED) is 0.762. The standard InChI is InChI=1S/C12H16N4/c1-16-10-14-12(15-16)7-8-13-9-11-5-3-2-4-6-11/h2-6,10,13H,7-9H2,1H3. The minimum Gasteiger partial charge on any atom is -0.312 e. The molecule has 2 aromatic rings. The van der Waals surface area contributed by atoms with Crippen LogP contribution in [0.2, 0.25) is 0 Å². The first-order valence-corrected chi connectivity index (χ1v) is 5.44. The average Bonchev–Trinajstić information content (AvgIpc) is 2.72. The summed E-state index contributed by atoms with van der Waals surface area (Å²) in [5.41, 5.74) is 1.30. The zero-order chi connectivity index (χ0) is 11.2. The lowest BCUT2D eigenvalue weighted by Crippen LogP contribution is -2.17. The van der Waals surface area contributed by atoms with Gasteiger partial charge in [0.1, 0.15) is 6.33 Å². The molecule has 0 unspecified atom stereocenters. The van der Waals surface area contributed by atoms with E-state index in [-0.39, 0.29) is 0 Å². The van der Waals surface area contributed by atoms with E-state index in [1.165, 1.54) is 5.56 Å². The molecule has 0 bridgehead atoms. The summed E-state index contributed by atoms with van der Waals surface area (Å²) in [6.45, 7) is 1.80. The van der Waals surface area contributed by atoms with Gasteiger partial charge < -0.3 is 5.32 Å². The van der Waals surface area contributed by atoms with Crippen molar-refractivity contribution in [1.82, 2.24) is 20.1 Å². The van der Waals surface area contributed by atoms with E-state index in [4.69, 9.17) is 0 Å². The molecule has 1 heterocycles. The Morgan fingerprint density at radius 3 is 2.75 bits per heavy atom. The summed E-state index contributed by atoms with van der Waals surface area (Å²) in [6, 6.07) is 10.4. The molecule has 84 valence electrons. The molecule has 2 rings (SSSR count). The van der Waals surface area contributed by atoms with Crippen molar-refractivity contribution in [2.75, 3.05) is 6.54 Å². The van der Waals surface area contributed by atoms with Gasteiger partial charge in [0.25, 0.3) is 0 Å². The molecule has 0 aliphatic carbocycles. The van der Waals surface area contributed by atoms with Gasteiger partial charge in [-0.15, -0.1) is 0 Å². The van der Waals surface area contributed by atoms with Crippen LogP contribution < -0.4 is 5.32 Å². The predicted molar refractivity (Wildman–Crippen MR) is 62.9 cm³/mol. The zero-order valence-corrected chi connectivity index (χ0v) is 9.43. The lowest BCUT2D eigenvalue weighted by Gasteiger charge is -2.02. The first-order valence-electron chi connectivity index (χ1n) is 5.44. The Bertz CT molecular complexity index is 422. The second-order valence-electron chi connectivity index (χ2n) is 3.75. The molecular formula is C12H16N4. The van der Waals surface area contributed by atoms with E-state index in [2.05, 4.69) is 39.7 Å². The Morgan fingerprint density at radius 1 is 1.25 bits per heavy atom. The maximum Gasteiger partial charge on any atom is 0.151 e. The van der Waals surface area contributed by atoms with Gasteiger partial charge >= 0.3 is 0 Å². The third kappa shape index (κ3) is 3.17. The SMILES string of the molecule is Cn1cnc(CCNCc2ccccc2)n1. The highest BCUT2D eigenvalue weighted by Gasteiger charge is 1.97. The number of hydrogen-bond donors (Lipinski definition) is 1. The molecular weight excluding hydrogens is 200 g/mol. The van der Waals surface area contributed by atoms with E-state index in [1.807, 2.05) is 13.1 Å². The highest BCUT2D eigenvalue weighted by atomic mass is 15.3. The van der Waals surface area contributed by atoms with Crippen LogP contribution in [0.5, 0.6) is 0 Å². The molecule has 0 amide bonds. The van der Waals surface area contributed by atoms with Crippen molar-refractivity contribution in [2.45, 2.75) is 13.0 Å². The van der Waals surface area contributed by atoms with Crippen LogP contribution in [0.15, 0.2) is 36.7 Å². The monoisotopic (exact) mass is 216 g/mol. The molecule has 1 aromatic heterocycles. The van der Waals surface area contributed by atoms with Crippen LogP contribution in [0.25, 0.3) is 0 Å². The summed E-state index contributed by atoms with van der Waals surface area (Å²) in [6.07, 6.45) is 2.60. The highest BCUT2D eigenvalue weighted by Crippen LogP contribution is 1.97. The number of aromatic nitrogens is 3. The van der Waals surface area contributed by atoms with E-state index < -0.39 is 0 Å². The highest BCUT2D eigenvalue weighted by molar-refractivity contribution is 5.14. The first kappa shape index (κ1) is 10.8. The fourth-order valence-electron chi connectivity index (χ4n) is 1.53. The average molecular weight is 216 g/mol. The maximum atomic E-state index is 4.22. The smallest absolute Gasteiger partial charge is 0.151 e. The minimum absolute atomic E-state index is 0.869. The van der Waals surface area contributed by atoms with E-state index in [1.54, 1.807) is 11.0 Å². The molecule has 1 N–H and O–H groups in total. The van der Waals surface area contributed by atoms with Gasteiger partial charge in [-0.3, -0.25) is 4.68 Å². The molecule has 0 fully saturated rings. The van der Waals surface area contributed by atoms with Gasteiger partial charge in [0, 0.05) is 26.6 Å². The molecule has 0 atom stereocenters. The normalized spacial score (nSPS) is 10.6. The maximum absolute atomic E-state index is 4.22. The summed E-state index contributed by atoms with van der Waals surface area (Å²) < 4.78 is 1.73. The van der Waals surface area contributed by atoms with Gasteiger partial charge in [0.15, 0.2) is 5.82 Å². The lowest BCUT2D eigenvalue weighted by molar-refractivity contribution is 0.661. The summed E-state index contributed by atoms with van der Waals surface area (Å²) in [7, 11) is 1.88. The van der Waals surface area contributed by atoms with E-state index in [0.29, 0.717) is 0 Å². The molecule has 0 saturated heterocycles. The van der Waals surface area contributed by atoms with Crippen molar-refractivity contribution in [1.29, 1.82) is 0 Å². The lowest BCUT2D eigenvalue weighted by atomic mass is 10.2. The van der Waals surface area contributed by atoms with E-state index >= 15 is 0 Å². The van der Waals surface area contributed by atoms with Crippen LogP contribution in [-0.2, 0) is 20.0 Å². The van der Waals surface area contributed by atoms with Crippen molar-refractivity contribution in [2.24, 2.45) is 7.05 Å². The first-order chi connectivity index (χ1) is 7.84. The number of nitrogens with one attached hydrogen (secondary N) is 1. The van der Waals surface area contributed by atoms with Crippen molar-refractivity contribution >= 4 is 0 Å². The topological polar surface area (TPSA) is 42.7 Å². The third-order valence-electron chi connectivity index (χ3n) is 2.34. The van der Waals surface area contributed by atoms with E-state index in [9.17, 15) is 0 Å². The number of benzene rings is 1. The molecule has 4 nitrogen and oxygen atoms in total. The molecule has 0 saturated carbocycles. The fourth-order valence-corrected chi connectivity index (χ4v) is 1.53. The van der Waals surface area contributed by atoms with Gasteiger partial charge in [-0.1, -0.05) is 30.3 Å². The molecule has 4 heteroatoms. The van der Waals surface area contributed by atoms with Gasteiger partial charge in [-0.05, 0) is 5.56 Å². The second kappa shape index (κ2) is 5.42. The zero-order valence-electron chi connectivity index (χ0n) is 9.43. The fraction of sp³-hybridized carbons (Fsp3) is 0.333. The second-order valence-corrected chi connectivity index (χ2v) is 3.75. The van der Waals surface area contributed by atoms with E-state index in [0.717, 1.165) is 25.3 Å². The molecule has 0 spiro atoms.